The highest BCUT2D eigenvalue weighted by atomic mass is 19.4. The minimum Gasteiger partial charge on any atom is -0.444 e. The van der Waals surface area contributed by atoms with Gasteiger partial charge >= 0.3 is 12.3 Å². The van der Waals surface area contributed by atoms with Crippen molar-refractivity contribution in [3.63, 3.8) is 0 Å². The lowest BCUT2D eigenvalue weighted by molar-refractivity contribution is -0.160. The van der Waals surface area contributed by atoms with Crippen LogP contribution >= 0.6 is 0 Å². The third kappa shape index (κ3) is 10.7. The van der Waals surface area contributed by atoms with Crippen molar-refractivity contribution in [1.82, 2.24) is 10.2 Å². The zero-order valence-electron chi connectivity index (χ0n) is 12.4. The van der Waals surface area contributed by atoms with Crippen LogP contribution in [0.25, 0.3) is 0 Å². The molecule has 8 heteroatoms. The lowest BCUT2D eigenvalue weighted by Gasteiger charge is -2.23. The SMILES string of the molecule is C=CCN(CC(F)(F)F)C(=O)CCNC(=O)OC(C)(C)C. The fourth-order valence-electron chi connectivity index (χ4n) is 1.37. The highest BCUT2D eigenvalue weighted by Crippen LogP contribution is 2.16. The zero-order chi connectivity index (χ0) is 16.7. The van der Waals surface area contributed by atoms with Crippen LogP contribution < -0.4 is 5.32 Å². The summed E-state index contributed by atoms with van der Waals surface area (Å²) in [5.41, 5.74) is -0.681. The summed E-state index contributed by atoms with van der Waals surface area (Å²) in [4.78, 5) is 23.6. The van der Waals surface area contributed by atoms with Gasteiger partial charge < -0.3 is 15.0 Å². The Labute approximate surface area is 122 Å². The number of nitrogens with one attached hydrogen (secondary N) is 1. The quantitative estimate of drug-likeness (QED) is 0.767. The standard InChI is InChI=1S/C13H21F3N2O3/c1-5-8-18(9-13(14,15)16)10(19)6-7-17-11(20)21-12(2,3)4/h5H,1,6-9H2,2-4H3,(H,17,20). The first kappa shape index (κ1) is 19.3. The van der Waals surface area contributed by atoms with Crippen LogP contribution in [-0.2, 0) is 9.53 Å². The minimum atomic E-state index is -4.47. The van der Waals surface area contributed by atoms with Crippen LogP contribution in [0.2, 0.25) is 0 Å². The molecule has 0 unspecified atom stereocenters. The Morgan fingerprint density at radius 3 is 2.29 bits per heavy atom. The van der Waals surface area contributed by atoms with E-state index in [1.807, 2.05) is 0 Å². The van der Waals surface area contributed by atoms with Crippen LogP contribution in [0.5, 0.6) is 0 Å². The number of carbonyl (C=O) groups is 2. The first-order valence-electron chi connectivity index (χ1n) is 6.37. The lowest BCUT2D eigenvalue weighted by Crippen LogP contribution is -2.41. The molecule has 0 aromatic rings. The topological polar surface area (TPSA) is 58.6 Å². The molecule has 0 aromatic carbocycles. The van der Waals surface area contributed by atoms with Crippen molar-refractivity contribution in [2.24, 2.45) is 0 Å². The van der Waals surface area contributed by atoms with Crippen molar-refractivity contribution in [3.05, 3.63) is 12.7 Å². The number of rotatable bonds is 6. The van der Waals surface area contributed by atoms with E-state index in [0.29, 0.717) is 4.90 Å². The average Bonchev–Trinajstić information content (AvgIpc) is 2.23. The molecule has 0 aliphatic rings. The maximum Gasteiger partial charge on any atom is 0.407 e. The van der Waals surface area contributed by atoms with Gasteiger partial charge in [-0.05, 0) is 20.8 Å². The van der Waals surface area contributed by atoms with E-state index in [1.54, 1.807) is 20.8 Å². The van der Waals surface area contributed by atoms with E-state index in [4.69, 9.17) is 4.74 Å². The van der Waals surface area contributed by atoms with Gasteiger partial charge in [0.15, 0.2) is 0 Å². The van der Waals surface area contributed by atoms with E-state index in [2.05, 4.69) is 11.9 Å². The van der Waals surface area contributed by atoms with E-state index in [-0.39, 0.29) is 19.5 Å². The van der Waals surface area contributed by atoms with E-state index < -0.39 is 30.3 Å². The molecule has 0 aromatic heterocycles. The molecule has 21 heavy (non-hydrogen) atoms. The van der Waals surface area contributed by atoms with E-state index in [0.717, 1.165) is 0 Å². The molecule has 0 heterocycles. The van der Waals surface area contributed by atoms with E-state index in [9.17, 15) is 22.8 Å². The molecule has 0 fully saturated rings. The molecule has 0 saturated heterocycles. The molecule has 0 aliphatic carbocycles. The Balaban J connectivity index is 4.26. The summed E-state index contributed by atoms with van der Waals surface area (Å²) in [6, 6.07) is 0. The number of carbonyl (C=O) groups excluding carboxylic acids is 2. The summed E-state index contributed by atoms with van der Waals surface area (Å²) >= 11 is 0. The second-order valence-electron chi connectivity index (χ2n) is 5.36. The number of halogens is 3. The van der Waals surface area contributed by atoms with Crippen molar-refractivity contribution in [3.8, 4) is 0 Å². The Morgan fingerprint density at radius 2 is 1.86 bits per heavy atom. The van der Waals surface area contributed by atoms with Gasteiger partial charge in [-0.25, -0.2) is 4.79 Å². The molecule has 0 rings (SSSR count). The number of alkyl carbamates (subject to hydrolysis) is 1. The molecule has 0 bridgehead atoms. The van der Waals surface area contributed by atoms with Crippen molar-refractivity contribution in [1.29, 1.82) is 0 Å². The first-order valence-corrected chi connectivity index (χ1v) is 6.37. The normalized spacial score (nSPS) is 11.7. The van der Waals surface area contributed by atoms with Crippen LogP contribution in [0, 0.1) is 0 Å². The number of alkyl halides is 3. The number of hydrogen-bond donors (Lipinski definition) is 1. The zero-order valence-corrected chi connectivity index (χ0v) is 12.4. The molecule has 0 atom stereocenters. The van der Waals surface area contributed by atoms with E-state index >= 15 is 0 Å². The molecular formula is C13H21F3N2O3. The van der Waals surface area contributed by atoms with Crippen molar-refractivity contribution < 1.29 is 27.5 Å². The summed E-state index contributed by atoms with van der Waals surface area (Å²) in [6.45, 7) is 6.69. The second-order valence-corrected chi connectivity index (χ2v) is 5.36. The molecule has 0 radical (unpaired) electrons. The fraction of sp³-hybridized carbons (Fsp3) is 0.692. The smallest absolute Gasteiger partial charge is 0.407 e. The predicted molar refractivity (Wildman–Crippen MR) is 71.7 cm³/mol. The van der Waals surface area contributed by atoms with Gasteiger partial charge in [0.25, 0.3) is 0 Å². The maximum absolute atomic E-state index is 12.3. The van der Waals surface area contributed by atoms with Gasteiger partial charge in [-0.3, -0.25) is 4.79 Å². The maximum atomic E-state index is 12.3. The van der Waals surface area contributed by atoms with Crippen LogP contribution in [0.15, 0.2) is 12.7 Å². The Morgan fingerprint density at radius 1 is 1.29 bits per heavy atom. The second kappa shape index (κ2) is 7.90. The van der Waals surface area contributed by atoms with Gasteiger partial charge in [0, 0.05) is 19.5 Å². The molecule has 0 aliphatic heterocycles. The van der Waals surface area contributed by atoms with Gasteiger partial charge in [-0.15, -0.1) is 6.58 Å². The number of nitrogens with zero attached hydrogens (tertiary/aromatic N) is 1. The van der Waals surface area contributed by atoms with Crippen LogP contribution in [0.4, 0.5) is 18.0 Å². The van der Waals surface area contributed by atoms with Crippen molar-refractivity contribution in [2.45, 2.75) is 39.0 Å². The van der Waals surface area contributed by atoms with Gasteiger partial charge in [-0.1, -0.05) is 6.08 Å². The van der Waals surface area contributed by atoms with Gasteiger partial charge in [-0.2, -0.15) is 13.2 Å². The third-order valence-electron chi connectivity index (χ3n) is 2.08. The van der Waals surface area contributed by atoms with Gasteiger partial charge in [0.1, 0.15) is 12.1 Å². The monoisotopic (exact) mass is 310 g/mol. The summed E-state index contributed by atoms with van der Waals surface area (Å²) in [6.07, 6.45) is -4.23. The fourth-order valence-corrected chi connectivity index (χ4v) is 1.37. The highest BCUT2D eigenvalue weighted by Gasteiger charge is 2.32. The molecule has 2 amide bonds. The van der Waals surface area contributed by atoms with Crippen LogP contribution in [-0.4, -0.2) is 48.3 Å². The third-order valence-corrected chi connectivity index (χ3v) is 2.08. The number of ether oxygens (including phenoxy) is 1. The molecule has 0 saturated carbocycles. The Bertz CT molecular complexity index is 376. The van der Waals surface area contributed by atoms with Crippen LogP contribution in [0.1, 0.15) is 27.2 Å². The summed E-state index contributed by atoms with van der Waals surface area (Å²) < 4.78 is 41.9. The molecule has 5 nitrogen and oxygen atoms in total. The predicted octanol–water partition coefficient (Wildman–Crippen LogP) is 2.48. The first-order chi connectivity index (χ1) is 9.44. The molecular weight excluding hydrogens is 289 g/mol. The van der Waals surface area contributed by atoms with Gasteiger partial charge in [0.2, 0.25) is 5.91 Å². The minimum absolute atomic E-state index is 0.0980. The van der Waals surface area contributed by atoms with Crippen molar-refractivity contribution >= 4 is 12.0 Å². The lowest BCUT2D eigenvalue weighted by atomic mass is 10.2. The summed E-state index contributed by atoms with van der Waals surface area (Å²) in [5, 5.41) is 2.31. The number of amides is 2. The van der Waals surface area contributed by atoms with Crippen molar-refractivity contribution in [2.75, 3.05) is 19.6 Å². The number of hydrogen-bond acceptors (Lipinski definition) is 3. The molecule has 122 valence electrons. The Kier molecular flexibility index (Phi) is 7.25. The van der Waals surface area contributed by atoms with E-state index in [1.165, 1.54) is 6.08 Å². The Hall–Kier alpha value is -1.73. The summed E-state index contributed by atoms with van der Waals surface area (Å²) in [7, 11) is 0. The highest BCUT2D eigenvalue weighted by molar-refractivity contribution is 5.77. The average molecular weight is 310 g/mol. The molecule has 0 spiro atoms. The van der Waals surface area contributed by atoms with Gasteiger partial charge in [0.05, 0.1) is 0 Å². The largest absolute Gasteiger partial charge is 0.444 e. The van der Waals surface area contributed by atoms with Crippen LogP contribution in [0.3, 0.4) is 0 Å². The molecule has 1 N–H and O–H groups in total. The summed E-state index contributed by atoms with van der Waals surface area (Å²) in [5.74, 6) is -0.719.